The van der Waals surface area contributed by atoms with Gasteiger partial charge in [-0.05, 0) is 28.4 Å². The summed E-state index contributed by atoms with van der Waals surface area (Å²) in [5.41, 5.74) is 2.26. The summed E-state index contributed by atoms with van der Waals surface area (Å²) in [6, 6.07) is 20.2. The van der Waals surface area contributed by atoms with Crippen LogP contribution in [-0.4, -0.2) is 10.2 Å². The molecule has 0 aliphatic heterocycles. The highest BCUT2D eigenvalue weighted by atomic mass is 127. The molecule has 0 aromatic heterocycles. The highest BCUT2D eigenvalue weighted by Crippen LogP contribution is 2.24. The quantitative estimate of drug-likeness (QED) is 0.500. The molecule has 104 valence electrons. The third-order valence-corrected chi connectivity index (χ3v) is 4.20. The number of rotatable bonds is 7. The summed E-state index contributed by atoms with van der Waals surface area (Å²) >= 11 is 2.38. The molecule has 2 aromatic carbocycles. The average Bonchev–Trinajstić information content (AvgIpc) is 2.50. The van der Waals surface area contributed by atoms with Gasteiger partial charge in [-0.2, -0.15) is 0 Å². The minimum Gasteiger partial charge on any atom is -0.299 e. The summed E-state index contributed by atoms with van der Waals surface area (Å²) in [4.78, 5) is 12.6. The SMILES string of the molecule is O=C(Cc1ccccc1)C(CCCI)c1ccccc1. The molecule has 0 spiro atoms. The van der Waals surface area contributed by atoms with Crippen LogP contribution in [-0.2, 0) is 11.2 Å². The smallest absolute Gasteiger partial charge is 0.144 e. The Labute approximate surface area is 134 Å². The van der Waals surface area contributed by atoms with E-state index >= 15 is 0 Å². The molecule has 0 radical (unpaired) electrons. The van der Waals surface area contributed by atoms with Gasteiger partial charge in [0.05, 0.1) is 0 Å². The zero-order valence-electron chi connectivity index (χ0n) is 11.5. The van der Waals surface area contributed by atoms with Crippen molar-refractivity contribution in [2.45, 2.75) is 25.2 Å². The maximum Gasteiger partial charge on any atom is 0.144 e. The van der Waals surface area contributed by atoms with Gasteiger partial charge in [0.25, 0.3) is 0 Å². The fourth-order valence-electron chi connectivity index (χ4n) is 2.40. The van der Waals surface area contributed by atoms with Crippen LogP contribution in [0.2, 0.25) is 0 Å². The number of Topliss-reactive ketones (excluding diaryl/α,β-unsaturated/α-hetero) is 1. The Hall–Kier alpha value is -1.16. The van der Waals surface area contributed by atoms with Gasteiger partial charge in [-0.15, -0.1) is 0 Å². The Bertz CT molecular complexity index is 522. The summed E-state index contributed by atoms with van der Waals surface area (Å²) in [5, 5.41) is 0. The summed E-state index contributed by atoms with van der Waals surface area (Å²) in [6.45, 7) is 0. The molecular formula is C18H19IO. The number of benzene rings is 2. The third kappa shape index (κ3) is 4.44. The molecule has 1 nitrogen and oxygen atoms in total. The molecule has 20 heavy (non-hydrogen) atoms. The molecule has 0 heterocycles. The number of carbonyl (C=O) groups is 1. The summed E-state index contributed by atoms with van der Waals surface area (Å²) in [7, 11) is 0. The zero-order valence-corrected chi connectivity index (χ0v) is 13.6. The maximum atomic E-state index is 12.6. The number of ketones is 1. The molecule has 0 fully saturated rings. The first kappa shape index (κ1) is 15.2. The van der Waals surface area contributed by atoms with Crippen molar-refractivity contribution in [2.24, 2.45) is 0 Å². The molecule has 0 saturated carbocycles. The molecule has 0 aliphatic rings. The van der Waals surface area contributed by atoms with Crippen LogP contribution in [0, 0.1) is 0 Å². The van der Waals surface area contributed by atoms with Crippen molar-refractivity contribution in [1.82, 2.24) is 0 Å². The lowest BCUT2D eigenvalue weighted by molar-refractivity contribution is -0.120. The molecule has 0 amide bonds. The van der Waals surface area contributed by atoms with E-state index in [0.29, 0.717) is 12.2 Å². The van der Waals surface area contributed by atoms with Crippen molar-refractivity contribution in [3.8, 4) is 0 Å². The Morgan fingerprint density at radius 3 is 2.15 bits per heavy atom. The second kappa shape index (κ2) is 8.20. The predicted molar refractivity (Wildman–Crippen MR) is 92.5 cm³/mol. The van der Waals surface area contributed by atoms with E-state index in [4.69, 9.17) is 0 Å². The van der Waals surface area contributed by atoms with Crippen LogP contribution in [0.25, 0.3) is 0 Å². The maximum absolute atomic E-state index is 12.6. The number of alkyl halides is 1. The lowest BCUT2D eigenvalue weighted by Crippen LogP contribution is -2.15. The monoisotopic (exact) mass is 378 g/mol. The van der Waals surface area contributed by atoms with Crippen molar-refractivity contribution < 1.29 is 4.79 Å². The van der Waals surface area contributed by atoms with Crippen LogP contribution in [0.5, 0.6) is 0 Å². The van der Waals surface area contributed by atoms with Gasteiger partial charge in [0, 0.05) is 12.3 Å². The van der Waals surface area contributed by atoms with E-state index in [2.05, 4.69) is 34.7 Å². The second-order valence-electron chi connectivity index (χ2n) is 4.92. The van der Waals surface area contributed by atoms with Gasteiger partial charge < -0.3 is 0 Å². The fraction of sp³-hybridized carbons (Fsp3) is 0.278. The van der Waals surface area contributed by atoms with Gasteiger partial charge in [-0.1, -0.05) is 83.3 Å². The Morgan fingerprint density at radius 1 is 0.950 bits per heavy atom. The summed E-state index contributed by atoms with van der Waals surface area (Å²) in [6.07, 6.45) is 2.56. The number of halogens is 1. The lowest BCUT2D eigenvalue weighted by Gasteiger charge is -2.16. The molecule has 0 bridgehead atoms. The highest BCUT2D eigenvalue weighted by Gasteiger charge is 2.19. The van der Waals surface area contributed by atoms with Crippen molar-refractivity contribution >= 4 is 28.4 Å². The Morgan fingerprint density at radius 2 is 1.55 bits per heavy atom. The van der Waals surface area contributed by atoms with Gasteiger partial charge in [0.2, 0.25) is 0 Å². The third-order valence-electron chi connectivity index (χ3n) is 3.44. The van der Waals surface area contributed by atoms with E-state index in [0.717, 1.165) is 28.4 Å². The molecule has 0 N–H and O–H groups in total. The van der Waals surface area contributed by atoms with Gasteiger partial charge >= 0.3 is 0 Å². The van der Waals surface area contributed by atoms with Gasteiger partial charge in [0.15, 0.2) is 0 Å². The van der Waals surface area contributed by atoms with E-state index in [1.807, 2.05) is 48.5 Å². The van der Waals surface area contributed by atoms with Crippen molar-refractivity contribution in [3.63, 3.8) is 0 Å². The largest absolute Gasteiger partial charge is 0.299 e. The second-order valence-corrected chi connectivity index (χ2v) is 6.00. The first-order valence-electron chi connectivity index (χ1n) is 6.99. The first-order chi connectivity index (χ1) is 9.81. The molecule has 0 aliphatic carbocycles. The Kier molecular flexibility index (Phi) is 6.25. The van der Waals surface area contributed by atoms with E-state index in [-0.39, 0.29) is 5.92 Å². The van der Waals surface area contributed by atoms with Gasteiger partial charge in [-0.3, -0.25) is 4.79 Å². The van der Waals surface area contributed by atoms with Crippen LogP contribution in [0.15, 0.2) is 60.7 Å². The summed E-state index contributed by atoms with van der Waals surface area (Å²) in [5.74, 6) is 0.360. The molecule has 1 atom stereocenters. The van der Waals surface area contributed by atoms with Crippen LogP contribution < -0.4 is 0 Å². The molecule has 2 aromatic rings. The normalized spacial score (nSPS) is 12.1. The number of hydrogen-bond acceptors (Lipinski definition) is 1. The summed E-state index contributed by atoms with van der Waals surface area (Å²) < 4.78 is 1.10. The average molecular weight is 378 g/mol. The molecule has 1 unspecified atom stereocenters. The van der Waals surface area contributed by atoms with Crippen LogP contribution >= 0.6 is 22.6 Å². The lowest BCUT2D eigenvalue weighted by atomic mass is 9.88. The molecule has 0 saturated heterocycles. The molecular weight excluding hydrogens is 359 g/mol. The van der Waals surface area contributed by atoms with Gasteiger partial charge in [0.1, 0.15) is 5.78 Å². The van der Waals surface area contributed by atoms with Gasteiger partial charge in [-0.25, -0.2) is 0 Å². The van der Waals surface area contributed by atoms with E-state index < -0.39 is 0 Å². The Balaban J connectivity index is 2.12. The minimum absolute atomic E-state index is 0.0335. The topological polar surface area (TPSA) is 17.1 Å². The predicted octanol–water partition coefficient (Wildman–Crippen LogP) is 4.80. The van der Waals surface area contributed by atoms with E-state index in [1.54, 1.807) is 0 Å². The minimum atomic E-state index is 0.0335. The standard InChI is InChI=1S/C18H19IO/c19-13-7-12-17(16-10-5-2-6-11-16)18(20)14-15-8-3-1-4-9-15/h1-6,8-11,17H,7,12-14H2. The van der Waals surface area contributed by atoms with Crippen molar-refractivity contribution in [3.05, 3.63) is 71.8 Å². The van der Waals surface area contributed by atoms with Crippen LogP contribution in [0.3, 0.4) is 0 Å². The van der Waals surface area contributed by atoms with E-state index in [9.17, 15) is 4.79 Å². The highest BCUT2D eigenvalue weighted by molar-refractivity contribution is 14.1. The molecule has 2 heteroatoms. The van der Waals surface area contributed by atoms with Crippen molar-refractivity contribution in [1.29, 1.82) is 0 Å². The zero-order chi connectivity index (χ0) is 14.2. The van der Waals surface area contributed by atoms with E-state index in [1.165, 1.54) is 0 Å². The van der Waals surface area contributed by atoms with Crippen LogP contribution in [0.1, 0.15) is 29.9 Å². The first-order valence-corrected chi connectivity index (χ1v) is 8.51. The number of hydrogen-bond donors (Lipinski definition) is 0. The fourth-order valence-corrected chi connectivity index (χ4v) is 2.84. The van der Waals surface area contributed by atoms with Crippen molar-refractivity contribution in [2.75, 3.05) is 4.43 Å². The van der Waals surface area contributed by atoms with Crippen LogP contribution in [0.4, 0.5) is 0 Å². The molecule has 2 rings (SSSR count). The number of carbonyl (C=O) groups excluding carboxylic acids is 1.